The first kappa shape index (κ1) is 25.9. The first-order valence-electron chi connectivity index (χ1n) is 11.9. The van der Waals surface area contributed by atoms with Gasteiger partial charge in [-0.25, -0.2) is 4.79 Å². The highest BCUT2D eigenvalue weighted by atomic mass is 16.7. The van der Waals surface area contributed by atoms with E-state index >= 15 is 0 Å². The summed E-state index contributed by atoms with van der Waals surface area (Å²) in [4.78, 5) is 12.1. The van der Waals surface area contributed by atoms with E-state index in [0.29, 0.717) is 11.5 Å². The van der Waals surface area contributed by atoms with E-state index in [1.54, 1.807) is 24.3 Å². The number of ether oxygens (including phenoxy) is 4. The molecular formula is C27H38O5. The van der Waals surface area contributed by atoms with E-state index < -0.39 is 6.16 Å². The first-order chi connectivity index (χ1) is 15.7. The molecule has 0 fully saturated rings. The highest BCUT2D eigenvalue weighted by molar-refractivity contribution is 5.67. The van der Waals surface area contributed by atoms with Crippen LogP contribution in [0.1, 0.15) is 63.5 Å². The summed E-state index contributed by atoms with van der Waals surface area (Å²) >= 11 is 0. The molecule has 2 aromatic rings. The van der Waals surface area contributed by atoms with Gasteiger partial charge in [-0.3, -0.25) is 0 Å². The van der Waals surface area contributed by atoms with Crippen LogP contribution in [0.4, 0.5) is 4.79 Å². The van der Waals surface area contributed by atoms with Crippen LogP contribution in [0.2, 0.25) is 0 Å². The Morgan fingerprint density at radius 2 is 0.969 bits per heavy atom. The fourth-order valence-electron chi connectivity index (χ4n) is 3.12. The summed E-state index contributed by atoms with van der Waals surface area (Å²) in [6, 6.07) is 15.0. The van der Waals surface area contributed by atoms with Gasteiger partial charge >= 0.3 is 6.16 Å². The molecule has 0 N–H and O–H groups in total. The average molecular weight is 443 g/mol. The van der Waals surface area contributed by atoms with Crippen molar-refractivity contribution in [3.63, 3.8) is 0 Å². The molecule has 0 aliphatic carbocycles. The van der Waals surface area contributed by atoms with Crippen LogP contribution >= 0.6 is 0 Å². The Labute approximate surface area is 193 Å². The summed E-state index contributed by atoms with van der Waals surface area (Å²) in [5.74, 6) is 0.940. The molecule has 0 unspecified atom stereocenters. The van der Waals surface area contributed by atoms with E-state index in [1.165, 1.54) is 11.1 Å². The zero-order valence-corrected chi connectivity index (χ0v) is 19.6. The highest BCUT2D eigenvalue weighted by Crippen LogP contribution is 2.17. The maximum atomic E-state index is 12.1. The van der Waals surface area contributed by atoms with Crippen LogP contribution in [0.5, 0.6) is 11.5 Å². The Hall–Kier alpha value is -2.37. The third-order valence-electron chi connectivity index (χ3n) is 5.04. The molecule has 176 valence electrons. The van der Waals surface area contributed by atoms with Crippen LogP contribution in [-0.2, 0) is 22.3 Å². The zero-order valence-electron chi connectivity index (χ0n) is 19.6. The summed E-state index contributed by atoms with van der Waals surface area (Å²) in [6.45, 7) is 7.54. The number of unbranched alkanes of at least 4 members (excludes halogenated alkanes) is 2. The third kappa shape index (κ3) is 11.3. The second kappa shape index (κ2) is 16.3. The van der Waals surface area contributed by atoms with Crippen LogP contribution in [0, 0.1) is 0 Å². The monoisotopic (exact) mass is 442 g/mol. The molecule has 0 aliphatic rings. The van der Waals surface area contributed by atoms with E-state index in [1.807, 2.05) is 24.3 Å². The normalized spacial score (nSPS) is 10.8. The molecule has 5 nitrogen and oxygen atoms in total. The van der Waals surface area contributed by atoms with Gasteiger partial charge in [-0.1, -0.05) is 51.0 Å². The second-order valence-corrected chi connectivity index (χ2v) is 7.88. The molecule has 2 rings (SSSR count). The number of carbonyl (C=O) groups excluding carboxylic acids is 1. The van der Waals surface area contributed by atoms with Crippen molar-refractivity contribution < 1.29 is 23.7 Å². The summed E-state index contributed by atoms with van der Waals surface area (Å²) in [5.41, 5.74) is 2.38. The minimum atomic E-state index is -0.737. The molecule has 0 saturated carbocycles. The lowest BCUT2D eigenvalue weighted by atomic mass is 10.1. The van der Waals surface area contributed by atoms with Crippen molar-refractivity contribution in [3.05, 3.63) is 59.7 Å². The molecule has 0 amide bonds. The Morgan fingerprint density at radius 1 is 0.594 bits per heavy atom. The molecule has 0 spiro atoms. The lowest BCUT2D eigenvalue weighted by molar-refractivity contribution is 0.129. The lowest BCUT2D eigenvalue weighted by Crippen LogP contribution is -2.13. The number of aryl methyl sites for hydroxylation is 2. The van der Waals surface area contributed by atoms with Crippen molar-refractivity contribution >= 4 is 6.16 Å². The number of benzene rings is 2. The Kier molecular flexibility index (Phi) is 13.2. The minimum Gasteiger partial charge on any atom is -0.395 e. The van der Waals surface area contributed by atoms with Crippen LogP contribution in [0.15, 0.2) is 48.5 Å². The molecule has 2 aromatic carbocycles. The van der Waals surface area contributed by atoms with Crippen molar-refractivity contribution in [2.75, 3.05) is 26.4 Å². The van der Waals surface area contributed by atoms with Crippen molar-refractivity contribution in [1.82, 2.24) is 0 Å². The van der Waals surface area contributed by atoms with Crippen LogP contribution in [0.25, 0.3) is 0 Å². The average Bonchev–Trinajstić information content (AvgIpc) is 2.80. The maximum Gasteiger partial charge on any atom is 0.519 e. The smallest absolute Gasteiger partial charge is 0.395 e. The van der Waals surface area contributed by atoms with Gasteiger partial charge in [-0.15, -0.1) is 0 Å². The van der Waals surface area contributed by atoms with Crippen molar-refractivity contribution in [2.45, 2.75) is 65.2 Å². The standard InChI is InChI=1S/C27H38O5/c1-3-5-19-29-21-7-9-23-11-15-25(16-12-23)31-27(28)32-26-17-13-24(14-18-26)10-8-22-30-20-6-4-2/h11-18H,3-10,19-22H2,1-2H3. The summed E-state index contributed by atoms with van der Waals surface area (Å²) in [5, 5.41) is 0. The van der Waals surface area contributed by atoms with Gasteiger partial charge in [0.2, 0.25) is 0 Å². The molecular weight excluding hydrogens is 404 g/mol. The summed E-state index contributed by atoms with van der Waals surface area (Å²) < 4.78 is 21.7. The van der Waals surface area contributed by atoms with E-state index in [2.05, 4.69) is 13.8 Å². The first-order valence-corrected chi connectivity index (χ1v) is 11.9. The van der Waals surface area contributed by atoms with E-state index in [0.717, 1.165) is 77.8 Å². The van der Waals surface area contributed by atoms with Crippen molar-refractivity contribution in [1.29, 1.82) is 0 Å². The van der Waals surface area contributed by atoms with E-state index in [9.17, 15) is 4.79 Å². The SMILES string of the molecule is CCCCOCCCc1ccc(OC(=O)Oc2ccc(CCCOCCCC)cc2)cc1. The van der Waals surface area contributed by atoms with Gasteiger partial charge in [0.1, 0.15) is 11.5 Å². The van der Waals surface area contributed by atoms with Gasteiger partial charge in [0, 0.05) is 26.4 Å². The topological polar surface area (TPSA) is 54.0 Å². The zero-order chi connectivity index (χ0) is 22.9. The molecule has 0 bridgehead atoms. The quantitative estimate of drug-likeness (QED) is 0.163. The predicted octanol–water partition coefficient (Wildman–Crippen LogP) is 6.76. The third-order valence-corrected chi connectivity index (χ3v) is 5.04. The van der Waals surface area contributed by atoms with Crippen molar-refractivity contribution in [2.24, 2.45) is 0 Å². The predicted molar refractivity (Wildman–Crippen MR) is 128 cm³/mol. The highest BCUT2D eigenvalue weighted by Gasteiger charge is 2.08. The Morgan fingerprint density at radius 3 is 1.34 bits per heavy atom. The number of carbonyl (C=O) groups is 1. The second-order valence-electron chi connectivity index (χ2n) is 7.88. The Bertz CT molecular complexity index is 676. The molecule has 0 heterocycles. The Balaban J connectivity index is 1.65. The van der Waals surface area contributed by atoms with Gasteiger partial charge in [-0.05, 0) is 73.9 Å². The van der Waals surface area contributed by atoms with Crippen LogP contribution in [-0.4, -0.2) is 32.6 Å². The lowest BCUT2D eigenvalue weighted by Gasteiger charge is -2.08. The molecule has 32 heavy (non-hydrogen) atoms. The molecule has 0 aromatic heterocycles. The molecule has 0 saturated heterocycles. The van der Waals surface area contributed by atoms with Gasteiger partial charge < -0.3 is 18.9 Å². The molecule has 0 radical (unpaired) electrons. The fraction of sp³-hybridized carbons (Fsp3) is 0.519. The van der Waals surface area contributed by atoms with E-state index in [4.69, 9.17) is 18.9 Å². The number of hydrogen-bond acceptors (Lipinski definition) is 5. The van der Waals surface area contributed by atoms with Gasteiger partial charge in [-0.2, -0.15) is 0 Å². The van der Waals surface area contributed by atoms with Gasteiger partial charge in [0.25, 0.3) is 0 Å². The molecule has 5 heteroatoms. The van der Waals surface area contributed by atoms with Gasteiger partial charge in [0.15, 0.2) is 0 Å². The van der Waals surface area contributed by atoms with E-state index in [-0.39, 0.29) is 0 Å². The van der Waals surface area contributed by atoms with Gasteiger partial charge in [0.05, 0.1) is 0 Å². The molecule has 0 atom stereocenters. The summed E-state index contributed by atoms with van der Waals surface area (Å²) in [6.07, 6.45) is 7.64. The number of hydrogen-bond donors (Lipinski definition) is 0. The number of rotatable bonds is 16. The fourth-order valence-corrected chi connectivity index (χ4v) is 3.12. The van der Waals surface area contributed by atoms with Crippen LogP contribution in [0.3, 0.4) is 0 Å². The molecule has 0 aliphatic heterocycles. The maximum absolute atomic E-state index is 12.1. The largest absolute Gasteiger partial charge is 0.519 e. The van der Waals surface area contributed by atoms with Crippen LogP contribution < -0.4 is 9.47 Å². The van der Waals surface area contributed by atoms with Crippen molar-refractivity contribution in [3.8, 4) is 11.5 Å². The minimum absolute atomic E-state index is 0.470. The summed E-state index contributed by atoms with van der Waals surface area (Å²) in [7, 11) is 0.